The van der Waals surface area contributed by atoms with Gasteiger partial charge in [0.1, 0.15) is 0 Å². The van der Waals surface area contributed by atoms with Gasteiger partial charge < -0.3 is 9.52 Å². The highest BCUT2D eigenvalue weighted by Crippen LogP contribution is 2.21. The van der Waals surface area contributed by atoms with E-state index in [9.17, 15) is 13.2 Å². The molecule has 118 valence electrons. The largest absolute Gasteiger partial charge is 0.478 e. The molecule has 7 heteroatoms. The second-order valence-corrected chi connectivity index (χ2v) is 6.74. The Bertz CT molecular complexity index is 779. The van der Waals surface area contributed by atoms with Crippen LogP contribution in [-0.4, -0.2) is 26.0 Å². The van der Waals surface area contributed by atoms with E-state index in [2.05, 4.69) is 4.72 Å². The Morgan fingerprint density at radius 1 is 1.32 bits per heavy atom. The molecule has 2 rings (SSSR count). The molecule has 22 heavy (non-hydrogen) atoms. The molecule has 1 aromatic carbocycles. The van der Waals surface area contributed by atoms with Crippen LogP contribution in [0.25, 0.3) is 0 Å². The van der Waals surface area contributed by atoms with Gasteiger partial charge in [-0.15, -0.1) is 0 Å². The zero-order valence-electron chi connectivity index (χ0n) is 12.3. The fraction of sp³-hybridized carbons (Fsp3) is 0.267. The zero-order chi connectivity index (χ0) is 16.3. The summed E-state index contributed by atoms with van der Waals surface area (Å²) in [5.74, 6) is -1.15. The van der Waals surface area contributed by atoms with Gasteiger partial charge in [-0.1, -0.05) is 0 Å². The number of aromatic carboxylic acids is 1. The van der Waals surface area contributed by atoms with Crippen molar-refractivity contribution < 1.29 is 22.7 Å². The first kappa shape index (κ1) is 16.3. The van der Waals surface area contributed by atoms with E-state index >= 15 is 0 Å². The Morgan fingerprint density at radius 3 is 2.64 bits per heavy atom. The van der Waals surface area contributed by atoms with Crippen molar-refractivity contribution >= 4 is 16.0 Å². The Morgan fingerprint density at radius 2 is 2.05 bits per heavy atom. The summed E-state index contributed by atoms with van der Waals surface area (Å²) in [6.45, 7) is 3.55. The van der Waals surface area contributed by atoms with Crippen LogP contribution in [0, 0.1) is 13.8 Å². The average molecular weight is 323 g/mol. The first-order chi connectivity index (χ1) is 10.3. The quantitative estimate of drug-likeness (QED) is 0.848. The van der Waals surface area contributed by atoms with E-state index in [1.807, 2.05) is 0 Å². The summed E-state index contributed by atoms with van der Waals surface area (Å²) in [4.78, 5) is 11.1. The van der Waals surface area contributed by atoms with Gasteiger partial charge in [0.15, 0.2) is 0 Å². The molecule has 1 aromatic heterocycles. The molecule has 0 spiro atoms. The van der Waals surface area contributed by atoms with Gasteiger partial charge in [-0.05, 0) is 55.2 Å². The van der Waals surface area contributed by atoms with Crippen LogP contribution < -0.4 is 4.72 Å². The molecule has 0 aliphatic rings. The van der Waals surface area contributed by atoms with E-state index in [1.54, 1.807) is 26.2 Å². The molecule has 0 radical (unpaired) electrons. The Hall–Kier alpha value is -2.12. The van der Waals surface area contributed by atoms with Crippen molar-refractivity contribution in [3.8, 4) is 0 Å². The lowest BCUT2D eigenvalue weighted by molar-refractivity contribution is 0.0696. The van der Waals surface area contributed by atoms with Crippen LogP contribution in [0.1, 0.15) is 27.0 Å². The van der Waals surface area contributed by atoms with Crippen molar-refractivity contribution in [2.75, 3.05) is 6.54 Å². The molecule has 0 bridgehead atoms. The number of furan rings is 1. The van der Waals surface area contributed by atoms with E-state index in [1.165, 1.54) is 18.4 Å². The molecule has 0 unspecified atom stereocenters. The summed E-state index contributed by atoms with van der Waals surface area (Å²) in [5, 5.41) is 9.07. The minimum Gasteiger partial charge on any atom is -0.478 e. The average Bonchev–Trinajstić information content (AvgIpc) is 2.94. The van der Waals surface area contributed by atoms with Gasteiger partial charge in [0.2, 0.25) is 10.0 Å². The lowest BCUT2D eigenvalue weighted by Crippen LogP contribution is -2.27. The summed E-state index contributed by atoms with van der Waals surface area (Å²) in [7, 11) is -3.77. The molecule has 6 nitrogen and oxygen atoms in total. The van der Waals surface area contributed by atoms with Gasteiger partial charge in [-0.2, -0.15) is 0 Å². The lowest BCUT2D eigenvalue weighted by Gasteiger charge is -2.12. The summed E-state index contributed by atoms with van der Waals surface area (Å²) in [5.41, 5.74) is 2.00. The van der Waals surface area contributed by atoms with Gasteiger partial charge in [-0.3, -0.25) is 0 Å². The second kappa shape index (κ2) is 6.33. The number of rotatable bonds is 6. The predicted octanol–water partition coefficient (Wildman–Crippen LogP) is 2.12. The number of nitrogens with one attached hydrogen (secondary N) is 1. The van der Waals surface area contributed by atoms with Crippen molar-refractivity contribution in [2.45, 2.75) is 25.2 Å². The predicted molar refractivity (Wildman–Crippen MR) is 80.5 cm³/mol. The third-order valence-corrected chi connectivity index (χ3v) is 5.03. The van der Waals surface area contributed by atoms with E-state index in [0.717, 1.165) is 5.56 Å². The molecular formula is C15H17NO5S. The van der Waals surface area contributed by atoms with Gasteiger partial charge in [-0.25, -0.2) is 17.9 Å². The number of benzene rings is 1. The van der Waals surface area contributed by atoms with Crippen LogP contribution in [0.2, 0.25) is 0 Å². The van der Waals surface area contributed by atoms with Crippen LogP contribution >= 0.6 is 0 Å². The van der Waals surface area contributed by atoms with Crippen molar-refractivity contribution in [1.29, 1.82) is 0 Å². The first-order valence-corrected chi connectivity index (χ1v) is 8.15. The SMILES string of the molecule is Cc1cc(C(=O)O)cc(S(=O)(=O)NCCc2ccoc2)c1C. The monoisotopic (exact) mass is 323 g/mol. The van der Waals surface area contributed by atoms with Crippen LogP contribution in [0.15, 0.2) is 40.0 Å². The van der Waals surface area contributed by atoms with Crippen molar-refractivity contribution in [1.82, 2.24) is 4.72 Å². The van der Waals surface area contributed by atoms with Crippen LogP contribution in [-0.2, 0) is 16.4 Å². The summed E-state index contributed by atoms with van der Waals surface area (Å²) >= 11 is 0. The molecule has 0 atom stereocenters. The first-order valence-electron chi connectivity index (χ1n) is 6.66. The summed E-state index contributed by atoms with van der Waals surface area (Å²) in [6, 6.07) is 4.40. The number of carboxylic acids is 1. The number of carbonyl (C=O) groups is 1. The van der Waals surface area contributed by atoms with Gasteiger partial charge in [0.25, 0.3) is 0 Å². The molecule has 0 saturated heterocycles. The maximum Gasteiger partial charge on any atom is 0.335 e. The minimum atomic E-state index is -3.77. The van der Waals surface area contributed by atoms with Crippen LogP contribution in [0.5, 0.6) is 0 Å². The second-order valence-electron chi connectivity index (χ2n) is 5.00. The van der Waals surface area contributed by atoms with Crippen molar-refractivity contribution in [3.63, 3.8) is 0 Å². The van der Waals surface area contributed by atoms with E-state index < -0.39 is 16.0 Å². The molecular weight excluding hydrogens is 306 g/mol. The summed E-state index contributed by atoms with van der Waals surface area (Å²) in [6.07, 6.45) is 3.56. The molecule has 1 heterocycles. The topological polar surface area (TPSA) is 96.6 Å². The number of sulfonamides is 1. The lowest BCUT2D eigenvalue weighted by atomic mass is 10.1. The van der Waals surface area contributed by atoms with Crippen molar-refractivity contribution in [3.05, 3.63) is 53.0 Å². The number of carboxylic acid groups (broad SMARTS) is 1. The molecule has 0 saturated carbocycles. The maximum absolute atomic E-state index is 12.4. The highest BCUT2D eigenvalue weighted by Gasteiger charge is 2.20. The fourth-order valence-corrected chi connectivity index (χ4v) is 3.44. The fourth-order valence-electron chi connectivity index (χ4n) is 2.07. The summed E-state index contributed by atoms with van der Waals surface area (Å²) < 4.78 is 32.2. The third-order valence-electron chi connectivity index (χ3n) is 3.44. The van der Waals surface area contributed by atoms with Crippen LogP contribution in [0.3, 0.4) is 0 Å². The molecule has 0 fully saturated rings. The molecule has 0 aliphatic heterocycles. The van der Waals surface area contributed by atoms with Gasteiger partial charge in [0.05, 0.1) is 23.0 Å². The number of aryl methyl sites for hydroxylation is 1. The Balaban J connectivity index is 2.23. The number of hydrogen-bond acceptors (Lipinski definition) is 4. The minimum absolute atomic E-state index is 0.00269. The van der Waals surface area contributed by atoms with Crippen molar-refractivity contribution in [2.24, 2.45) is 0 Å². The van der Waals surface area contributed by atoms with E-state index in [4.69, 9.17) is 9.52 Å². The molecule has 2 aromatic rings. The smallest absolute Gasteiger partial charge is 0.335 e. The highest BCUT2D eigenvalue weighted by atomic mass is 32.2. The van der Waals surface area contributed by atoms with E-state index in [-0.39, 0.29) is 17.0 Å². The molecule has 2 N–H and O–H groups in total. The maximum atomic E-state index is 12.4. The zero-order valence-corrected chi connectivity index (χ0v) is 13.1. The highest BCUT2D eigenvalue weighted by molar-refractivity contribution is 7.89. The Kier molecular flexibility index (Phi) is 4.68. The molecule has 0 amide bonds. The Labute approximate surface area is 128 Å². The van der Waals surface area contributed by atoms with Gasteiger partial charge >= 0.3 is 5.97 Å². The van der Waals surface area contributed by atoms with Crippen LogP contribution in [0.4, 0.5) is 0 Å². The van der Waals surface area contributed by atoms with Gasteiger partial charge in [0, 0.05) is 6.54 Å². The third kappa shape index (κ3) is 3.55. The normalized spacial score (nSPS) is 11.5. The number of hydrogen-bond donors (Lipinski definition) is 2. The van der Waals surface area contributed by atoms with E-state index in [0.29, 0.717) is 17.5 Å². The standard InChI is InChI=1S/C15H17NO5S/c1-10-7-13(15(17)18)8-14(11(10)2)22(19,20)16-5-3-12-4-6-21-9-12/h4,6-9,16H,3,5H2,1-2H3,(H,17,18). The molecule has 0 aliphatic carbocycles.